The molecule has 0 heterocycles. The molecule has 1 atom stereocenters. The number of carbonyl (C=O) groups excluding carboxylic acids is 2. The number of nitrogens with one attached hydrogen (secondary N) is 1. The van der Waals surface area contributed by atoms with Gasteiger partial charge in [-0.05, 0) is 80.3 Å². The van der Waals surface area contributed by atoms with Gasteiger partial charge in [-0.15, -0.1) is 0 Å². The maximum Gasteiger partial charge on any atom is 0.264 e. The van der Waals surface area contributed by atoms with E-state index in [1.54, 1.807) is 54.6 Å². The van der Waals surface area contributed by atoms with Crippen molar-refractivity contribution in [2.75, 3.05) is 18.0 Å². The summed E-state index contributed by atoms with van der Waals surface area (Å²) in [6.45, 7) is 3.24. The van der Waals surface area contributed by atoms with E-state index in [2.05, 4.69) is 5.32 Å². The van der Waals surface area contributed by atoms with Gasteiger partial charge in [0.15, 0.2) is 0 Å². The quantitative estimate of drug-likeness (QED) is 0.247. The molecule has 3 aromatic carbocycles. The number of carbonyl (C=O) groups is 2. The standard InChI is InChI=1S/C32H37Cl2N3O5S/c1-4-30(32(39)35-24-7-5-6-8-24)36(20-23-11-18-28(33)29(34)19-23)31(38)21-37(25-12-9-22(2)10-13-25)43(40,41)27-16-14-26(42-3)15-17-27/h9-19,24,30H,4-8,20-21H2,1-3H3,(H,35,39)/t30-/m1/s1. The molecule has 1 saturated carbocycles. The van der Waals surface area contributed by atoms with Gasteiger partial charge in [0.2, 0.25) is 11.8 Å². The molecule has 0 unspecified atom stereocenters. The lowest BCUT2D eigenvalue weighted by Crippen LogP contribution is -2.53. The molecule has 4 rings (SSSR count). The molecule has 43 heavy (non-hydrogen) atoms. The van der Waals surface area contributed by atoms with Crippen LogP contribution in [-0.4, -0.2) is 50.9 Å². The molecule has 1 aliphatic carbocycles. The maximum absolute atomic E-state index is 14.2. The van der Waals surface area contributed by atoms with Crippen LogP contribution in [0.15, 0.2) is 71.6 Å². The van der Waals surface area contributed by atoms with E-state index in [0.29, 0.717) is 33.5 Å². The van der Waals surface area contributed by atoms with Crippen molar-refractivity contribution in [2.45, 2.75) is 69.5 Å². The fourth-order valence-electron chi connectivity index (χ4n) is 5.24. The molecule has 3 aromatic rings. The molecule has 2 amide bonds. The van der Waals surface area contributed by atoms with E-state index in [9.17, 15) is 18.0 Å². The van der Waals surface area contributed by atoms with Gasteiger partial charge in [0.05, 0.1) is 27.7 Å². The number of ether oxygens (including phenoxy) is 1. The molecule has 1 N–H and O–H groups in total. The summed E-state index contributed by atoms with van der Waals surface area (Å²) in [6, 6.07) is 17.1. The number of sulfonamides is 1. The first kappa shape index (κ1) is 32.6. The van der Waals surface area contributed by atoms with Crippen LogP contribution >= 0.6 is 23.2 Å². The third kappa shape index (κ3) is 8.02. The second-order valence-corrected chi connectivity index (χ2v) is 13.4. The minimum absolute atomic E-state index is 0.00345. The Morgan fingerprint density at radius 3 is 2.21 bits per heavy atom. The zero-order chi connectivity index (χ0) is 31.1. The van der Waals surface area contributed by atoms with E-state index in [4.69, 9.17) is 27.9 Å². The largest absolute Gasteiger partial charge is 0.497 e. The SMILES string of the molecule is CC[C@H](C(=O)NC1CCCC1)N(Cc1ccc(Cl)c(Cl)c1)C(=O)CN(c1ccc(C)cc1)S(=O)(=O)c1ccc(OC)cc1. The Bertz CT molecular complexity index is 1530. The molecular formula is C32H37Cl2N3O5S. The Balaban J connectivity index is 1.72. The molecule has 230 valence electrons. The molecular weight excluding hydrogens is 609 g/mol. The maximum atomic E-state index is 14.2. The van der Waals surface area contributed by atoms with Gasteiger partial charge in [0, 0.05) is 12.6 Å². The minimum atomic E-state index is -4.19. The lowest BCUT2D eigenvalue weighted by molar-refractivity contribution is -0.140. The van der Waals surface area contributed by atoms with Crippen molar-refractivity contribution in [2.24, 2.45) is 0 Å². The Labute approximate surface area is 264 Å². The van der Waals surface area contributed by atoms with E-state index in [-0.39, 0.29) is 23.4 Å². The molecule has 0 aromatic heterocycles. The molecule has 0 aliphatic heterocycles. The summed E-state index contributed by atoms with van der Waals surface area (Å²) in [5.41, 5.74) is 1.93. The van der Waals surface area contributed by atoms with Crippen LogP contribution in [0, 0.1) is 6.92 Å². The highest BCUT2D eigenvalue weighted by atomic mass is 35.5. The Hall–Kier alpha value is -3.27. The third-order valence-corrected chi connectivity index (χ3v) is 10.2. The summed E-state index contributed by atoms with van der Waals surface area (Å²) in [7, 11) is -2.69. The highest BCUT2D eigenvalue weighted by Gasteiger charge is 2.34. The molecule has 0 radical (unpaired) electrons. The number of methoxy groups -OCH3 is 1. The van der Waals surface area contributed by atoms with Crippen LogP contribution in [0.3, 0.4) is 0 Å². The lowest BCUT2D eigenvalue weighted by Gasteiger charge is -2.34. The summed E-state index contributed by atoms with van der Waals surface area (Å²) in [5.74, 6) is -0.288. The molecule has 8 nitrogen and oxygen atoms in total. The Morgan fingerprint density at radius 2 is 1.63 bits per heavy atom. The van der Waals surface area contributed by atoms with Crippen LogP contribution in [0.2, 0.25) is 10.0 Å². The summed E-state index contributed by atoms with van der Waals surface area (Å²) < 4.78 is 34.3. The first-order valence-electron chi connectivity index (χ1n) is 14.3. The van der Waals surface area contributed by atoms with Crippen LogP contribution in [0.1, 0.15) is 50.2 Å². The zero-order valence-corrected chi connectivity index (χ0v) is 26.9. The number of aryl methyl sites for hydroxylation is 1. The van der Waals surface area contributed by atoms with Crippen molar-refractivity contribution in [1.29, 1.82) is 0 Å². The monoisotopic (exact) mass is 645 g/mol. The van der Waals surface area contributed by atoms with Gasteiger partial charge in [-0.1, -0.05) is 66.7 Å². The topological polar surface area (TPSA) is 96.0 Å². The number of hydrogen-bond acceptors (Lipinski definition) is 5. The highest BCUT2D eigenvalue weighted by Crippen LogP contribution is 2.28. The highest BCUT2D eigenvalue weighted by molar-refractivity contribution is 7.92. The summed E-state index contributed by atoms with van der Waals surface area (Å²) in [5, 5.41) is 3.79. The number of hydrogen-bond donors (Lipinski definition) is 1. The first-order chi connectivity index (χ1) is 20.5. The third-order valence-electron chi connectivity index (χ3n) is 7.67. The number of amides is 2. The smallest absolute Gasteiger partial charge is 0.264 e. The summed E-state index contributed by atoms with van der Waals surface area (Å²) >= 11 is 12.4. The molecule has 0 spiro atoms. The van der Waals surface area contributed by atoms with E-state index >= 15 is 0 Å². The van der Waals surface area contributed by atoms with Crippen LogP contribution < -0.4 is 14.4 Å². The van der Waals surface area contributed by atoms with Gasteiger partial charge in [-0.25, -0.2) is 8.42 Å². The summed E-state index contributed by atoms with van der Waals surface area (Å²) in [4.78, 5) is 29.2. The van der Waals surface area contributed by atoms with Crippen molar-refractivity contribution in [3.05, 3.63) is 87.9 Å². The van der Waals surface area contributed by atoms with Crippen LogP contribution in [-0.2, 0) is 26.2 Å². The van der Waals surface area contributed by atoms with Gasteiger partial charge in [-0.3, -0.25) is 13.9 Å². The van der Waals surface area contributed by atoms with Gasteiger partial charge in [-0.2, -0.15) is 0 Å². The normalized spacial score (nSPS) is 14.3. The van der Waals surface area contributed by atoms with Gasteiger partial charge in [0.25, 0.3) is 10.0 Å². The summed E-state index contributed by atoms with van der Waals surface area (Å²) in [6.07, 6.45) is 4.21. The molecule has 1 aliphatic rings. The first-order valence-corrected chi connectivity index (χ1v) is 16.5. The van der Waals surface area contributed by atoms with Crippen molar-refractivity contribution in [3.8, 4) is 5.75 Å². The minimum Gasteiger partial charge on any atom is -0.497 e. The van der Waals surface area contributed by atoms with E-state index in [1.807, 2.05) is 13.8 Å². The van der Waals surface area contributed by atoms with Gasteiger partial charge >= 0.3 is 0 Å². The van der Waals surface area contributed by atoms with Crippen molar-refractivity contribution >= 4 is 50.7 Å². The molecule has 0 saturated heterocycles. The number of anilines is 1. The number of rotatable bonds is 12. The van der Waals surface area contributed by atoms with E-state index in [0.717, 1.165) is 35.6 Å². The molecule has 11 heteroatoms. The van der Waals surface area contributed by atoms with Crippen molar-refractivity contribution in [3.63, 3.8) is 0 Å². The number of benzene rings is 3. The lowest BCUT2D eigenvalue weighted by atomic mass is 10.1. The van der Waals surface area contributed by atoms with Crippen LogP contribution in [0.5, 0.6) is 5.75 Å². The number of nitrogens with zero attached hydrogens (tertiary/aromatic N) is 2. The fraction of sp³-hybridized carbons (Fsp3) is 0.375. The average Bonchev–Trinajstić information content (AvgIpc) is 3.51. The predicted molar refractivity (Wildman–Crippen MR) is 170 cm³/mol. The Morgan fingerprint density at radius 1 is 0.977 bits per heavy atom. The van der Waals surface area contributed by atoms with E-state index in [1.165, 1.54) is 24.1 Å². The molecule has 0 bridgehead atoms. The van der Waals surface area contributed by atoms with E-state index < -0.39 is 28.5 Å². The Kier molecular flexibility index (Phi) is 11.0. The van der Waals surface area contributed by atoms with Gasteiger partial charge in [0.1, 0.15) is 18.3 Å². The van der Waals surface area contributed by atoms with Gasteiger partial charge < -0.3 is 15.0 Å². The fourth-order valence-corrected chi connectivity index (χ4v) is 6.97. The second-order valence-electron chi connectivity index (χ2n) is 10.7. The van der Waals surface area contributed by atoms with Crippen LogP contribution in [0.25, 0.3) is 0 Å². The average molecular weight is 647 g/mol. The van der Waals surface area contributed by atoms with Crippen LogP contribution in [0.4, 0.5) is 5.69 Å². The second kappa shape index (κ2) is 14.5. The van der Waals surface area contributed by atoms with Crippen molar-refractivity contribution in [1.82, 2.24) is 10.2 Å². The van der Waals surface area contributed by atoms with Crippen molar-refractivity contribution < 1.29 is 22.7 Å². The zero-order valence-electron chi connectivity index (χ0n) is 24.6. The number of halogens is 2. The predicted octanol–water partition coefficient (Wildman–Crippen LogP) is 6.37. The molecule has 1 fully saturated rings.